The normalized spacial score (nSPS) is 24.3. The minimum atomic E-state index is -0.185. The Kier molecular flexibility index (Phi) is 7.26. The Hall–Kier alpha value is -3.65. The van der Waals surface area contributed by atoms with Gasteiger partial charge in [-0.25, -0.2) is 4.68 Å². The lowest BCUT2D eigenvalue weighted by atomic mass is 9.53. The van der Waals surface area contributed by atoms with Crippen LogP contribution in [0.3, 0.4) is 0 Å². The van der Waals surface area contributed by atoms with E-state index < -0.39 is 0 Å². The number of halogens is 1. The molecule has 0 unspecified atom stereocenters. The number of carbonyl (C=O) groups is 2. The predicted molar refractivity (Wildman–Crippen MR) is 163 cm³/mol. The summed E-state index contributed by atoms with van der Waals surface area (Å²) in [5.74, 6) is 2.52. The fraction of sp³-hybridized carbons (Fsp3) is 0.455. The lowest BCUT2D eigenvalue weighted by Crippen LogP contribution is -2.59. The van der Waals surface area contributed by atoms with Gasteiger partial charge in [-0.2, -0.15) is 0 Å². The summed E-state index contributed by atoms with van der Waals surface area (Å²) in [6.07, 6.45) is 13.9. The van der Waals surface area contributed by atoms with Crippen molar-refractivity contribution in [1.82, 2.24) is 24.9 Å². The lowest BCUT2D eigenvalue weighted by Gasteiger charge is -2.56. The number of fused-ring (bicyclic) bond motifs is 1. The van der Waals surface area contributed by atoms with Crippen molar-refractivity contribution in [2.24, 2.45) is 17.8 Å². The lowest BCUT2D eigenvalue weighted by molar-refractivity contribution is -0.127. The van der Waals surface area contributed by atoms with E-state index in [9.17, 15) is 9.59 Å². The molecule has 4 bridgehead atoms. The number of hydrogen-bond acceptors (Lipinski definition) is 4. The van der Waals surface area contributed by atoms with Crippen LogP contribution in [-0.4, -0.2) is 36.9 Å². The number of benzene rings is 2. The first-order valence-corrected chi connectivity index (χ1v) is 15.6. The molecule has 4 aromatic rings. The Morgan fingerprint density at radius 1 is 0.929 bits per heavy atom. The molecular formula is C33H37ClN6O2. The van der Waals surface area contributed by atoms with Crippen molar-refractivity contribution in [2.75, 3.05) is 5.32 Å². The van der Waals surface area contributed by atoms with Crippen molar-refractivity contribution in [1.29, 1.82) is 0 Å². The number of carbonyl (C=O) groups excluding carboxylic acids is 2. The highest BCUT2D eigenvalue weighted by molar-refractivity contribution is 6.30. The molecule has 4 aliphatic rings. The first kappa shape index (κ1) is 27.2. The Balaban J connectivity index is 0.956. The number of anilines is 1. The quantitative estimate of drug-likeness (QED) is 0.240. The molecule has 2 aromatic heterocycles. The van der Waals surface area contributed by atoms with E-state index in [1.807, 2.05) is 12.3 Å². The highest BCUT2D eigenvalue weighted by atomic mass is 35.5. The number of rotatable bonds is 10. The fourth-order valence-electron chi connectivity index (χ4n) is 8.26. The molecule has 0 aliphatic heterocycles. The van der Waals surface area contributed by atoms with E-state index in [0.717, 1.165) is 41.8 Å². The minimum absolute atomic E-state index is 0.0681. The topological polar surface area (TPSA) is 93.8 Å². The average Bonchev–Trinajstić information content (AvgIpc) is 3.53. The second-order valence-electron chi connectivity index (χ2n) is 12.9. The van der Waals surface area contributed by atoms with Crippen molar-refractivity contribution in [3.63, 3.8) is 0 Å². The summed E-state index contributed by atoms with van der Waals surface area (Å²) in [5.41, 5.74) is 3.90. The van der Waals surface area contributed by atoms with E-state index in [4.69, 9.17) is 11.6 Å². The molecule has 218 valence electrons. The van der Waals surface area contributed by atoms with Gasteiger partial charge in [0.15, 0.2) is 0 Å². The molecule has 8 nitrogen and oxygen atoms in total. The third-order valence-corrected chi connectivity index (χ3v) is 9.77. The maximum atomic E-state index is 13.1. The van der Waals surface area contributed by atoms with E-state index in [1.54, 1.807) is 28.9 Å². The summed E-state index contributed by atoms with van der Waals surface area (Å²) in [4.78, 5) is 25.5. The summed E-state index contributed by atoms with van der Waals surface area (Å²) < 4.78 is 3.73. The molecule has 0 saturated heterocycles. The number of aromatic nitrogens is 4. The van der Waals surface area contributed by atoms with Gasteiger partial charge in [0.2, 0.25) is 11.8 Å². The van der Waals surface area contributed by atoms with Crippen molar-refractivity contribution < 1.29 is 9.59 Å². The van der Waals surface area contributed by atoms with Gasteiger partial charge < -0.3 is 15.2 Å². The minimum Gasteiger partial charge on any atom is -0.351 e. The van der Waals surface area contributed by atoms with E-state index >= 15 is 0 Å². The highest BCUT2D eigenvalue weighted by Crippen LogP contribution is 2.55. The second-order valence-corrected chi connectivity index (χ2v) is 13.3. The van der Waals surface area contributed by atoms with Crippen molar-refractivity contribution in [3.8, 4) is 0 Å². The van der Waals surface area contributed by atoms with Gasteiger partial charge in [0.05, 0.1) is 12.7 Å². The molecule has 0 atom stereocenters. The Labute approximate surface area is 250 Å². The van der Waals surface area contributed by atoms with E-state index in [0.29, 0.717) is 23.7 Å². The summed E-state index contributed by atoms with van der Waals surface area (Å²) in [5, 5.41) is 16.7. The summed E-state index contributed by atoms with van der Waals surface area (Å²) >= 11 is 5.92. The van der Waals surface area contributed by atoms with Crippen LogP contribution in [0.4, 0.5) is 5.69 Å². The van der Waals surface area contributed by atoms with Gasteiger partial charge in [-0.1, -0.05) is 35.0 Å². The molecule has 2 amide bonds. The summed E-state index contributed by atoms with van der Waals surface area (Å²) in [6.45, 7) is 0.616. The van der Waals surface area contributed by atoms with Crippen molar-refractivity contribution >= 4 is 40.0 Å². The molecule has 4 saturated carbocycles. The van der Waals surface area contributed by atoms with E-state index in [2.05, 4.69) is 49.9 Å². The summed E-state index contributed by atoms with van der Waals surface area (Å²) in [7, 11) is 0. The molecule has 2 heterocycles. The van der Waals surface area contributed by atoms with Crippen molar-refractivity contribution in [2.45, 2.75) is 76.4 Å². The number of nitrogens with zero attached hydrogens (tertiary/aromatic N) is 4. The van der Waals surface area contributed by atoms with Crippen LogP contribution in [0, 0.1) is 17.8 Å². The zero-order valence-electron chi connectivity index (χ0n) is 23.8. The molecule has 9 heteroatoms. The number of amides is 2. The van der Waals surface area contributed by atoms with Gasteiger partial charge in [0.1, 0.15) is 12.2 Å². The maximum absolute atomic E-state index is 13.1. The first-order chi connectivity index (χ1) is 20.4. The monoisotopic (exact) mass is 584 g/mol. The molecule has 2 N–H and O–H groups in total. The molecule has 42 heavy (non-hydrogen) atoms. The van der Waals surface area contributed by atoms with Crippen LogP contribution in [0.1, 0.15) is 62.6 Å². The molecule has 4 aliphatic carbocycles. The van der Waals surface area contributed by atoms with E-state index in [-0.39, 0.29) is 23.9 Å². The molecule has 0 spiro atoms. The zero-order chi connectivity index (χ0) is 28.7. The van der Waals surface area contributed by atoms with Crippen LogP contribution in [-0.2, 0) is 29.1 Å². The van der Waals surface area contributed by atoms with Crippen LogP contribution >= 0.6 is 11.6 Å². The second kappa shape index (κ2) is 11.2. The first-order valence-electron chi connectivity index (χ1n) is 15.2. The third-order valence-electron chi connectivity index (χ3n) is 9.52. The SMILES string of the molecule is O=C(Cn1cc(Cn2cc(CCCC(=O)NC34CC5CC(CC(C5)C3)C4)c3ccccc32)nn1)Nc1ccc(Cl)cc1. The van der Waals surface area contributed by atoms with E-state index in [1.165, 1.54) is 49.5 Å². The molecule has 4 fully saturated rings. The van der Waals surface area contributed by atoms with Gasteiger partial charge in [-0.3, -0.25) is 9.59 Å². The van der Waals surface area contributed by atoms with Crippen molar-refractivity contribution in [3.05, 3.63) is 77.2 Å². The Bertz CT molecular complexity index is 1570. The maximum Gasteiger partial charge on any atom is 0.246 e. The molecule has 8 rings (SSSR count). The number of para-hydroxylation sites is 1. The standard InChI is InChI=1S/C33H37ClN6O2/c34-26-8-10-27(11-9-26)35-32(42)21-40-20-28(37-38-40)19-39-18-25(29-5-1-2-6-30(29)39)4-3-7-31(41)36-33-15-22-12-23(16-33)14-24(13-22)17-33/h1-2,5-6,8-11,18,20,22-24H,3-4,7,12-17,19,21H2,(H,35,42)(H,36,41). The highest BCUT2D eigenvalue weighted by Gasteiger charge is 2.51. The Morgan fingerprint density at radius 2 is 1.64 bits per heavy atom. The third kappa shape index (κ3) is 5.82. The van der Waals surface area contributed by atoms with Crippen LogP contribution in [0.25, 0.3) is 10.9 Å². The largest absolute Gasteiger partial charge is 0.351 e. The predicted octanol–water partition coefficient (Wildman–Crippen LogP) is 5.98. The molecular weight excluding hydrogens is 548 g/mol. The molecule has 2 aromatic carbocycles. The average molecular weight is 585 g/mol. The number of hydrogen-bond donors (Lipinski definition) is 2. The van der Waals surface area contributed by atoms with Crippen LogP contribution < -0.4 is 10.6 Å². The molecule has 0 radical (unpaired) electrons. The van der Waals surface area contributed by atoms with Gasteiger partial charge in [-0.15, -0.1) is 5.10 Å². The zero-order valence-corrected chi connectivity index (χ0v) is 24.5. The van der Waals surface area contributed by atoms with Gasteiger partial charge in [-0.05, 0) is 105 Å². The summed E-state index contributed by atoms with van der Waals surface area (Å²) in [6, 6.07) is 15.4. The van der Waals surface area contributed by atoms with Gasteiger partial charge >= 0.3 is 0 Å². The smallest absolute Gasteiger partial charge is 0.246 e. The van der Waals surface area contributed by atoms with Gasteiger partial charge in [0.25, 0.3) is 0 Å². The number of aryl methyl sites for hydroxylation is 1. The van der Waals surface area contributed by atoms with Crippen LogP contribution in [0.2, 0.25) is 5.02 Å². The van der Waals surface area contributed by atoms with Crippen LogP contribution in [0.15, 0.2) is 60.9 Å². The van der Waals surface area contributed by atoms with Crippen LogP contribution in [0.5, 0.6) is 0 Å². The van der Waals surface area contributed by atoms with Gasteiger partial charge in [0, 0.05) is 39.8 Å². The fourth-order valence-corrected chi connectivity index (χ4v) is 8.38. The number of nitrogens with one attached hydrogen (secondary N) is 2. The Morgan fingerprint density at radius 3 is 2.38 bits per heavy atom.